The highest BCUT2D eigenvalue weighted by Gasteiger charge is 2.25. The number of amides is 2. The molecule has 0 saturated heterocycles. The molecule has 1 rings (SSSR count). The van der Waals surface area contributed by atoms with Crippen molar-refractivity contribution in [3.05, 3.63) is 11.8 Å². The van der Waals surface area contributed by atoms with Gasteiger partial charge in [0.15, 0.2) is 0 Å². The molecule has 1 unspecified atom stereocenters. The lowest BCUT2D eigenvalue weighted by molar-refractivity contribution is 0.169. The summed E-state index contributed by atoms with van der Waals surface area (Å²) in [5, 5.41) is 0. The minimum absolute atomic E-state index is 0.0692. The van der Waals surface area contributed by atoms with E-state index < -0.39 is 0 Å². The third kappa shape index (κ3) is 1.31. The van der Waals surface area contributed by atoms with Gasteiger partial charge >= 0.3 is 6.03 Å². The number of hydrogen-bond acceptors (Lipinski definition) is 1. The van der Waals surface area contributed by atoms with Gasteiger partial charge in [-0.05, 0) is 18.9 Å². The summed E-state index contributed by atoms with van der Waals surface area (Å²) in [6.07, 6.45) is 2.94. The zero-order valence-corrected chi connectivity index (χ0v) is 8.16. The van der Waals surface area contributed by atoms with Crippen molar-refractivity contribution in [1.82, 2.24) is 9.80 Å². The molecule has 0 aromatic heterocycles. The fourth-order valence-electron chi connectivity index (χ4n) is 1.46. The summed E-state index contributed by atoms with van der Waals surface area (Å²) < 4.78 is 0. The molecule has 1 aliphatic rings. The molecule has 0 aromatic rings. The predicted octanol–water partition coefficient (Wildman–Crippen LogP) is 1.67. The van der Waals surface area contributed by atoms with Crippen LogP contribution in [0.5, 0.6) is 0 Å². The second-order valence-corrected chi connectivity index (χ2v) is 3.24. The van der Waals surface area contributed by atoms with Crippen molar-refractivity contribution in [2.75, 3.05) is 14.1 Å². The third-order valence-corrected chi connectivity index (χ3v) is 2.49. The lowest BCUT2D eigenvalue weighted by Crippen LogP contribution is -2.46. The number of nitrogens with zero attached hydrogens (tertiary/aromatic N) is 2. The molecule has 12 heavy (non-hydrogen) atoms. The Labute approximate surface area is 73.6 Å². The van der Waals surface area contributed by atoms with Crippen LogP contribution in [0, 0.1) is 0 Å². The Hall–Kier alpha value is -0.990. The molecule has 0 bridgehead atoms. The first kappa shape index (κ1) is 9.10. The predicted molar refractivity (Wildman–Crippen MR) is 48.8 cm³/mol. The van der Waals surface area contributed by atoms with E-state index in [4.69, 9.17) is 0 Å². The molecule has 0 saturated carbocycles. The van der Waals surface area contributed by atoms with Crippen LogP contribution in [-0.4, -0.2) is 36.0 Å². The number of likely N-dealkylation sites (N-methyl/N-ethyl adjacent to an activating group) is 1. The third-order valence-electron chi connectivity index (χ3n) is 2.49. The van der Waals surface area contributed by atoms with E-state index in [1.54, 1.807) is 16.8 Å². The first-order valence-corrected chi connectivity index (χ1v) is 4.28. The summed E-state index contributed by atoms with van der Waals surface area (Å²) in [5.74, 6) is 0. The van der Waals surface area contributed by atoms with E-state index in [2.05, 4.69) is 13.8 Å². The first-order chi connectivity index (χ1) is 5.57. The monoisotopic (exact) mass is 168 g/mol. The van der Waals surface area contributed by atoms with E-state index in [0.717, 1.165) is 6.42 Å². The highest BCUT2D eigenvalue weighted by Crippen LogP contribution is 2.19. The highest BCUT2D eigenvalue weighted by molar-refractivity contribution is 5.77. The van der Waals surface area contributed by atoms with Gasteiger partial charge in [-0.3, -0.25) is 0 Å². The van der Waals surface area contributed by atoms with Gasteiger partial charge in [-0.1, -0.05) is 6.92 Å². The number of urea groups is 1. The van der Waals surface area contributed by atoms with Gasteiger partial charge < -0.3 is 9.80 Å². The molecule has 0 N–H and O–H groups in total. The second kappa shape index (κ2) is 3.17. The van der Waals surface area contributed by atoms with Crippen molar-refractivity contribution in [3.63, 3.8) is 0 Å². The van der Waals surface area contributed by atoms with Crippen molar-refractivity contribution < 1.29 is 4.79 Å². The zero-order chi connectivity index (χ0) is 9.30. The number of rotatable bonds is 1. The molecular weight excluding hydrogens is 152 g/mol. The molecule has 0 aliphatic carbocycles. The van der Waals surface area contributed by atoms with Crippen LogP contribution in [-0.2, 0) is 0 Å². The van der Waals surface area contributed by atoms with Gasteiger partial charge in [-0.25, -0.2) is 4.79 Å². The van der Waals surface area contributed by atoms with Gasteiger partial charge in [-0.15, -0.1) is 0 Å². The number of carbonyl (C=O) groups is 1. The molecule has 2 amide bonds. The van der Waals surface area contributed by atoms with E-state index in [1.807, 2.05) is 13.2 Å². The Morgan fingerprint density at radius 2 is 2.08 bits per heavy atom. The maximum Gasteiger partial charge on any atom is 0.323 e. The van der Waals surface area contributed by atoms with Gasteiger partial charge in [0.2, 0.25) is 0 Å². The average Bonchev–Trinajstić information content (AvgIpc) is 2.08. The van der Waals surface area contributed by atoms with Crippen molar-refractivity contribution in [3.8, 4) is 0 Å². The van der Waals surface area contributed by atoms with Crippen LogP contribution in [0.25, 0.3) is 0 Å². The molecule has 1 heterocycles. The summed E-state index contributed by atoms with van der Waals surface area (Å²) in [6, 6.07) is 0.318. The van der Waals surface area contributed by atoms with E-state index in [1.165, 1.54) is 5.57 Å². The molecule has 1 aliphatic heterocycles. The normalized spacial score (nSPS) is 24.5. The lowest BCUT2D eigenvalue weighted by Gasteiger charge is -2.35. The van der Waals surface area contributed by atoms with Crippen LogP contribution in [0.3, 0.4) is 0 Å². The summed E-state index contributed by atoms with van der Waals surface area (Å²) in [5.41, 5.74) is 1.31. The van der Waals surface area contributed by atoms with Crippen LogP contribution in [0.2, 0.25) is 0 Å². The van der Waals surface area contributed by atoms with E-state index >= 15 is 0 Å². The Morgan fingerprint density at radius 1 is 1.50 bits per heavy atom. The Bertz CT molecular complexity index is 223. The Morgan fingerprint density at radius 3 is 2.58 bits per heavy atom. The topological polar surface area (TPSA) is 23.6 Å². The van der Waals surface area contributed by atoms with E-state index in [-0.39, 0.29) is 12.1 Å². The van der Waals surface area contributed by atoms with Gasteiger partial charge in [0.05, 0.1) is 6.04 Å². The molecule has 0 radical (unpaired) electrons. The minimum Gasteiger partial charge on any atom is -0.321 e. The Kier molecular flexibility index (Phi) is 2.40. The average molecular weight is 168 g/mol. The quantitative estimate of drug-likeness (QED) is 0.584. The van der Waals surface area contributed by atoms with E-state index in [0.29, 0.717) is 0 Å². The SMILES string of the molecule is CCC1=CN(C)C(=O)N(C)C1C. The first-order valence-electron chi connectivity index (χ1n) is 4.28. The lowest BCUT2D eigenvalue weighted by atomic mass is 10.0. The summed E-state index contributed by atoms with van der Waals surface area (Å²) in [7, 11) is 3.63. The summed E-state index contributed by atoms with van der Waals surface area (Å²) in [6.45, 7) is 4.17. The molecule has 1 atom stereocenters. The smallest absolute Gasteiger partial charge is 0.321 e. The van der Waals surface area contributed by atoms with Gasteiger partial charge in [0.25, 0.3) is 0 Å². The minimum atomic E-state index is 0.0692. The summed E-state index contributed by atoms with van der Waals surface area (Å²) >= 11 is 0. The second-order valence-electron chi connectivity index (χ2n) is 3.24. The van der Waals surface area contributed by atoms with Crippen molar-refractivity contribution >= 4 is 6.03 Å². The van der Waals surface area contributed by atoms with Crippen LogP contribution in [0.4, 0.5) is 4.79 Å². The van der Waals surface area contributed by atoms with Crippen LogP contribution >= 0.6 is 0 Å². The summed E-state index contributed by atoms with van der Waals surface area (Å²) in [4.78, 5) is 14.8. The van der Waals surface area contributed by atoms with Crippen molar-refractivity contribution in [2.45, 2.75) is 26.3 Å². The Balaban J connectivity index is 2.91. The van der Waals surface area contributed by atoms with Gasteiger partial charge in [-0.2, -0.15) is 0 Å². The fraction of sp³-hybridized carbons (Fsp3) is 0.667. The number of carbonyl (C=O) groups excluding carboxylic acids is 1. The molecule has 0 aromatic carbocycles. The molecule has 0 spiro atoms. The maximum atomic E-state index is 11.4. The molecular formula is C9H16N2O. The molecule has 3 heteroatoms. The largest absolute Gasteiger partial charge is 0.323 e. The molecule has 68 valence electrons. The van der Waals surface area contributed by atoms with Crippen LogP contribution < -0.4 is 0 Å². The van der Waals surface area contributed by atoms with Crippen LogP contribution in [0.15, 0.2) is 11.8 Å². The van der Waals surface area contributed by atoms with E-state index in [9.17, 15) is 4.79 Å². The molecule has 0 fully saturated rings. The standard InChI is InChI=1S/C9H16N2O/c1-5-8-6-10(3)9(12)11(4)7(8)2/h6-7H,5H2,1-4H3. The fourth-order valence-corrected chi connectivity index (χ4v) is 1.46. The van der Waals surface area contributed by atoms with Crippen molar-refractivity contribution in [2.24, 2.45) is 0 Å². The maximum absolute atomic E-state index is 11.4. The van der Waals surface area contributed by atoms with Gasteiger partial charge in [0, 0.05) is 20.3 Å². The van der Waals surface area contributed by atoms with Crippen molar-refractivity contribution in [1.29, 1.82) is 0 Å². The van der Waals surface area contributed by atoms with Gasteiger partial charge in [0.1, 0.15) is 0 Å². The highest BCUT2D eigenvalue weighted by atomic mass is 16.2. The number of hydrogen-bond donors (Lipinski definition) is 0. The van der Waals surface area contributed by atoms with Crippen LogP contribution in [0.1, 0.15) is 20.3 Å². The molecule has 3 nitrogen and oxygen atoms in total. The zero-order valence-electron chi connectivity index (χ0n) is 8.16.